The van der Waals surface area contributed by atoms with Gasteiger partial charge in [0.15, 0.2) is 0 Å². The molecule has 1 amide bonds. The maximum absolute atomic E-state index is 13.8. The first-order valence-corrected chi connectivity index (χ1v) is 9.90. The van der Waals surface area contributed by atoms with Crippen LogP contribution in [0.25, 0.3) is 0 Å². The highest BCUT2D eigenvalue weighted by Gasteiger charge is 2.18. The Morgan fingerprint density at radius 3 is 2.27 bits per heavy atom. The van der Waals surface area contributed by atoms with E-state index in [9.17, 15) is 17.6 Å². The fraction of sp³-hybridized carbons (Fsp3) is 0.316. The summed E-state index contributed by atoms with van der Waals surface area (Å²) in [5.74, 6) is -0.794. The molecule has 0 aliphatic heterocycles. The van der Waals surface area contributed by atoms with Crippen molar-refractivity contribution >= 4 is 15.9 Å². The molecule has 0 fully saturated rings. The Bertz CT molecular complexity index is 867. The minimum Gasteiger partial charge on any atom is -0.345 e. The van der Waals surface area contributed by atoms with Crippen molar-refractivity contribution in [2.45, 2.75) is 44.2 Å². The second-order valence-corrected chi connectivity index (χ2v) is 7.89. The van der Waals surface area contributed by atoms with Gasteiger partial charge in [-0.3, -0.25) is 4.79 Å². The predicted octanol–water partition coefficient (Wildman–Crippen LogP) is 3.39. The van der Waals surface area contributed by atoms with Gasteiger partial charge in [0.25, 0.3) is 5.91 Å². The number of rotatable bonds is 7. The lowest BCUT2D eigenvalue weighted by molar-refractivity contribution is 0.0939. The van der Waals surface area contributed by atoms with Gasteiger partial charge in [-0.1, -0.05) is 25.1 Å². The van der Waals surface area contributed by atoms with E-state index in [1.54, 1.807) is 32.0 Å². The molecule has 0 aliphatic carbocycles. The number of carbonyl (C=O) groups excluding carboxylic acids is 1. The summed E-state index contributed by atoms with van der Waals surface area (Å²) in [5, 5.41) is 2.71. The fourth-order valence-electron chi connectivity index (χ4n) is 2.39. The number of benzene rings is 2. The van der Waals surface area contributed by atoms with Gasteiger partial charge in [0, 0.05) is 17.2 Å². The average Bonchev–Trinajstić information content (AvgIpc) is 2.61. The monoisotopic (exact) mass is 378 g/mol. The van der Waals surface area contributed by atoms with Crippen LogP contribution in [-0.2, 0) is 10.0 Å². The maximum atomic E-state index is 13.8. The standard InChI is InChI=1S/C19H23FN2O3S/c1-4-13(2)22-26(24,25)16-11-9-15(10-12-16)19(23)21-14(3)17-7-5-6-8-18(17)20/h5-14,22H,4H2,1-3H3,(H,21,23). The van der Waals surface area contributed by atoms with E-state index in [-0.39, 0.29) is 10.9 Å². The van der Waals surface area contributed by atoms with Gasteiger partial charge in [-0.25, -0.2) is 17.5 Å². The molecule has 5 nitrogen and oxygen atoms in total. The lowest BCUT2D eigenvalue weighted by atomic mass is 10.1. The summed E-state index contributed by atoms with van der Waals surface area (Å²) in [6.45, 7) is 5.35. The molecule has 2 rings (SSSR count). The first kappa shape index (κ1) is 20.1. The molecule has 0 heterocycles. The molecular weight excluding hydrogens is 355 g/mol. The Morgan fingerprint density at radius 2 is 1.69 bits per heavy atom. The highest BCUT2D eigenvalue weighted by molar-refractivity contribution is 7.89. The summed E-state index contributed by atoms with van der Waals surface area (Å²) in [6.07, 6.45) is 0.674. The Labute approximate surface area is 153 Å². The Morgan fingerprint density at radius 1 is 1.08 bits per heavy atom. The second-order valence-electron chi connectivity index (χ2n) is 6.17. The summed E-state index contributed by atoms with van der Waals surface area (Å²) < 4.78 is 40.8. The van der Waals surface area contributed by atoms with Crippen LogP contribution in [0.15, 0.2) is 53.4 Å². The molecule has 0 spiro atoms. The van der Waals surface area contributed by atoms with Gasteiger partial charge in [-0.15, -0.1) is 0 Å². The van der Waals surface area contributed by atoms with E-state index >= 15 is 0 Å². The number of carbonyl (C=O) groups is 1. The van der Waals surface area contributed by atoms with Crippen LogP contribution in [-0.4, -0.2) is 20.4 Å². The maximum Gasteiger partial charge on any atom is 0.251 e. The van der Waals surface area contributed by atoms with E-state index in [0.29, 0.717) is 17.5 Å². The third-order valence-corrected chi connectivity index (χ3v) is 5.72. The third-order valence-electron chi connectivity index (χ3n) is 4.11. The molecule has 0 aromatic heterocycles. The zero-order valence-electron chi connectivity index (χ0n) is 15.0. The highest BCUT2D eigenvalue weighted by atomic mass is 32.2. The molecule has 140 valence electrons. The van der Waals surface area contributed by atoms with Crippen molar-refractivity contribution < 1.29 is 17.6 Å². The molecule has 2 N–H and O–H groups in total. The predicted molar refractivity (Wildman–Crippen MR) is 98.8 cm³/mol. The van der Waals surface area contributed by atoms with Crippen molar-refractivity contribution in [2.24, 2.45) is 0 Å². The van der Waals surface area contributed by atoms with Crippen molar-refractivity contribution in [3.63, 3.8) is 0 Å². The number of amides is 1. The van der Waals surface area contributed by atoms with E-state index in [2.05, 4.69) is 10.0 Å². The summed E-state index contributed by atoms with van der Waals surface area (Å²) >= 11 is 0. The second kappa shape index (κ2) is 8.42. The first-order chi connectivity index (χ1) is 12.2. The minimum absolute atomic E-state index is 0.0940. The van der Waals surface area contributed by atoms with Crippen molar-refractivity contribution in [2.75, 3.05) is 0 Å². The molecule has 0 saturated heterocycles. The lowest BCUT2D eigenvalue weighted by Crippen LogP contribution is -2.32. The molecule has 2 aromatic rings. The van der Waals surface area contributed by atoms with Gasteiger partial charge in [-0.05, 0) is 50.6 Å². The molecule has 0 saturated carbocycles. The number of nitrogens with one attached hydrogen (secondary N) is 2. The lowest BCUT2D eigenvalue weighted by Gasteiger charge is -2.15. The number of sulfonamides is 1. The summed E-state index contributed by atoms with van der Waals surface area (Å²) in [4.78, 5) is 12.4. The normalized spacial score (nSPS) is 13.8. The molecule has 7 heteroatoms. The van der Waals surface area contributed by atoms with Crippen LogP contribution < -0.4 is 10.0 Å². The first-order valence-electron chi connectivity index (χ1n) is 8.42. The fourth-order valence-corrected chi connectivity index (χ4v) is 3.71. The summed E-state index contributed by atoms with van der Waals surface area (Å²) in [7, 11) is -3.62. The van der Waals surface area contributed by atoms with Gasteiger partial charge in [0.1, 0.15) is 5.82 Å². The quantitative estimate of drug-likeness (QED) is 0.775. The molecule has 0 aliphatic rings. The molecule has 2 atom stereocenters. The molecule has 2 unspecified atom stereocenters. The topological polar surface area (TPSA) is 75.3 Å². The molecular formula is C19H23FN2O3S. The molecule has 0 radical (unpaired) electrons. The van der Waals surface area contributed by atoms with Crippen LogP contribution in [0.5, 0.6) is 0 Å². The van der Waals surface area contributed by atoms with Crippen LogP contribution in [0.4, 0.5) is 4.39 Å². The number of hydrogen-bond acceptors (Lipinski definition) is 3. The van der Waals surface area contributed by atoms with Crippen LogP contribution in [0.3, 0.4) is 0 Å². The van der Waals surface area contributed by atoms with Crippen molar-refractivity contribution in [3.8, 4) is 0 Å². The van der Waals surface area contributed by atoms with Crippen molar-refractivity contribution in [3.05, 3.63) is 65.5 Å². The van der Waals surface area contributed by atoms with E-state index in [1.807, 2.05) is 6.92 Å². The van der Waals surface area contributed by atoms with Crippen LogP contribution >= 0.6 is 0 Å². The zero-order chi connectivity index (χ0) is 19.3. The third kappa shape index (κ3) is 4.89. The van der Waals surface area contributed by atoms with E-state index in [0.717, 1.165) is 0 Å². The van der Waals surface area contributed by atoms with Crippen molar-refractivity contribution in [1.29, 1.82) is 0 Å². The summed E-state index contributed by atoms with van der Waals surface area (Å²) in [6, 6.07) is 11.2. The zero-order valence-corrected chi connectivity index (χ0v) is 15.8. The average molecular weight is 378 g/mol. The van der Waals surface area contributed by atoms with Gasteiger partial charge in [0.05, 0.1) is 10.9 Å². The molecule has 0 bridgehead atoms. The van der Waals surface area contributed by atoms with Crippen LogP contribution in [0.1, 0.15) is 49.2 Å². The number of halogens is 1. The van der Waals surface area contributed by atoms with E-state index in [4.69, 9.17) is 0 Å². The molecule has 2 aromatic carbocycles. The highest BCUT2D eigenvalue weighted by Crippen LogP contribution is 2.17. The van der Waals surface area contributed by atoms with Crippen molar-refractivity contribution in [1.82, 2.24) is 10.0 Å². The summed E-state index contributed by atoms with van der Waals surface area (Å²) in [5.41, 5.74) is 0.688. The Hall–Kier alpha value is -2.25. The molecule has 26 heavy (non-hydrogen) atoms. The van der Waals surface area contributed by atoms with Gasteiger partial charge in [-0.2, -0.15) is 0 Å². The smallest absolute Gasteiger partial charge is 0.251 e. The van der Waals surface area contributed by atoms with E-state index < -0.39 is 27.8 Å². The Balaban J connectivity index is 2.10. The van der Waals surface area contributed by atoms with Gasteiger partial charge < -0.3 is 5.32 Å². The largest absolute Gasteiger partial charge is 0.345 e. The Kier molecular flexibility index (Phi) is 6.50. The van der Waals surface area contributed by atoms with E-state index in [1.165, 1.54) is 30.3 Å². The van der Waals surface area contributed by atoms with Crippen LogP contribution in [0, 0.1) is 5.82 Å². The van der Waals surface area contributed by atoms with Gasteiger partial charge >= 0.3 is 0 Å². The minimum atomic E-state index is -3.62. The van der Waals surface area contributed by atoms with Crippen LogP contribution in [0.2, 0.25) is 0 Å². The van der Waals surface area contributed by atoms with Gasteiger partial charge in [0.2, 0.25) is 10.0 Å². The SMILES string of the molecule is CCC(C)NS(=O)(=O)c1ccc(C(=O)NC(C)c2ccccc2F)cc1. The number of hydrogen-bond donors (Lipinski definition) is 2.